The highest BCUT2D eigenvalue weighted by atomic mass is 16.5. The van der Waals surface area contributed by atoms with Crippen LogP contribution in [-0.4, -0.2) is 38.2 Å². The van der Waals surface area contributed by atoms with Gasteiger partial charge in [-0.3, -0.25) is 0 Å². The number of hydrogen-bond donors (Lipinski definition) is 1. The van der Waals surface area contributed by atoms with Gasteiger partial charge in [0, 0.05) is 19.8 Å². The predicted molar refractivity (Wildman–Crippen MR) is 78.1 cm³/mol. The number of ether oxygens (including phenoxy) is 1. The predicted octanol–water partition coefficient (Wildman–Crippen LogP) is 2.26. The van der Waals surface area contributed by atoms with Crippen LogP contribution in [0.25, 0.3) is 11.1 Å². The van der Waals surface area contributed by atoms with Crippen molar-refractivity contribution in [3.63, 3.8) is 0 Å². The van der Waals surface area contributed by atoms with Gasteiger partial charge in [0.15, 0.2) is 5.58 Å². The SMILES string of the molecule is CC[C@@H](Nc1ccc2oc(N(C)C)nc2c1)C(=O)OC. The van der Waals surface area contributed by atoms with Crippen molar-refractivity contribution in [2.24, 2.45) is 0 Å². The molecular formula is C14H19N3O3. The van der Waals surface area contributed by atoms with Crippen LogP contribution in [0.15, 0.2) is 22.6 Å². The van der Waals surface area contributed by atoms with Crippen LogP contribution < -0.4 is 10.2 Å². The molecule has 1 N–H and O–H groups in total. The Bertz CT molecular complexity index is 607. The molecule has 6 heteroatoms. The first-order chi connectivity index (χ1) is 9.55. The van der Waals surface area contributed by atoms with Gasteiger partial charge in [-0.2, -0.15) is 4.98 Å². The molecule has 1 aromatic carbocycles. The number of carbonyl (C=O) groups is 1. The van der Waals surface area contributed by atoms with Crippen molar-refractivity contribution in [3.8, 4) is 0 Å². The molecule has 1 aromatic heterocycles. The molecule has 2 rings (SSSR count). The average Bonchev–Trinajstić information content (AvgIpc) is 2.87. The number of aromatic nitrogens is 1. The highest BCUT2D eigenvalue weighted by Crippen LogP contribution is 2.24. The fourth-order valence-corrected chi connectivity index (χ4v) is 1.87. The summed E-state index contributed by atoms with van der Waals surface area (Å²) in [5.74, 6) is -0.276. The van der Waals surface area contributed by atoms with Crippen molar-refractivity contribution in [1.29, 1.82) is 0 Å². The topological polar surface area (TPSA) is 67.6 Å². The number of nitrogens with zero attached hydrogens (tertiary/aromatic N) is 2. The lowest BCUT2D eigenvalue weighted by Gasteiger charge is -2.15. The first kappa shape index (κ1) is 14.2. The van der Waals surface area contributed by atoms with Gasteiger partial charge in [0.05, 0.1) is 7.11 Å². The minimum absolute atomic E-state index is 0.276. The molecule has 0 spiro atoms. The second kappa shape index (κ2) is 5.81. The van der Waals surface area contributed by atoms with E-state index in [9.17, 15) is 4.79 Å². The summed E-state index contributed by atoms with van der Waals surface area (Å²) in [6.07, 6.45) is 0.645. The Morgan fingerprint density at radius 1 is 1.50 bits per heavy atom. The van der Waals surface area contributed by atoms with Gasteiger partial charge in [-0.05, 0) is 24.6 Å². The minimum Gasteiger partial charge on any atom is -0.467 e. The third-order valence-electron chi connectivity index (χ3n) is 2.99. The zero-order valence-corrected chi connectivity index (χ0v) is 12.1. The van der Waals surface area contributed by atoms with Crippen LogP contribution in [0.5, 0.6) is 0 Å². The third-order valence-corrected chi connectivity index (χ3v) is 2.99. The van der Waals surface area contributed by atoms with Crippen LogP contribution in [0, 0.1) is 0 Å². The maximum absolute atomic E-state index is 11.6. The Morgan fingerprint density at radius 3 is 2.85 bits per heavy atom. The highest BCUT2D eigenvalue weighted by Gasteiger charge is 2.17. The van der Waals surface area contributed by atoms with Gasteiger partial charge >= 0.3 is 5.97 Å². The van der Waals surface area contributed by atoms with Gasteiger partial charge in [0.2, 0.25) is 0 Å². The molecule has 0 aliphatic rings. The number of carbonyl (C=O) groups excluding carboxylic acids is 1. The Hall–Kier alpha value is -2.24. The molecule has 6 nitrogen and oxygen atoms in total. The second-order valence-corrected chi connectivity index (χ2v) is 4.70. The summed E-state index contributed by atoms with van der Waals surface area (Å²) in [7, 11) is 5.12. The second-order valence-electron chi connectivity index (χ2n) is 4.70. The van der Waals surface area contributed by atoms with E-state index in [2.05, 4.69) is 10.3 Å². The van der Waals surface area contributed by atoms with E-state index < -0.39 is 0 Å². The standard InChI is InChI=1S/C14H19N3O3/c1-5-10(13(18)19-4)15-9-6-7-12-11(8-9)16-14(20-12)17(2)3/h6-8,10,15H,5H2,1-4H3/t10-/m1/s1. The Kier molecular flexibility index (Phi) is 4.12. The van der Waals surface area contributed by atoms with Crippen LogP contribution in [0.3, 0.4) is 0 Å². The summed E-state index contributed by atoms with van der Waals surface area (Å²) >= 11 is 0. The van der Waals surface area contributed by atoms with E-state index in [-0.39, 0.29) is 12.0 Å². The smallest absolute Gasteiger partial charge is 0.328 e. The summed E-state index contributed by atoms with van der Waals surface area (Å²) in [6, 6.07) is 5.74. The van der Waals surface area contributed by atoms with E-state index in [0.29, 0.717) is 18.0 Å². The minimum atomic E-state index is -0.363. The molecule has 1 atom stereocenters. The number of rotatable bonds is 5. The lowest BCUT2D eigenvalue weighted by Crippen LogP contribution is -2.29. The number of benzene rings is 1. The van der Waals surface area contributed by atoms with E-state index in [1.54, 1.807) is 4.90 Å². The fourth-order valence-electron chi connectivity index (χ4n) is 1.87. The molecule has 0 saturated carbocycles. The Morgan fingerprint density at radius 2 is 2.25 bits per heavy atom. The lowest BCUT2D eigenvalue weighted by atomic mass is 10.2. The van der Waals surface area contributed by atoms with Crippen molar-refractivity contribution in [3.05, 3.63) is 18.2 Å². The molecule has 0 saturated heterocycles. The van der Waals surface area contributed by atoms with Crippen molar-refractivity contribution in [2.45, 2.75) is 19.4 Å². The molecule has 2 aromatic rings. The van der Waals surface area contributed by atoms with E-state index in [0.717, 1.165) is 11.2 Å². The molecule has 0 fully saturated rings. The van der Waals surface area contributed by atoms with Gasteiger partial charge in [0.25, 0.3) is 6.01 Å². The van der Waals surface area contributed by atoms with Crippen LogP contribution in [0.4, 0.5) is 11.7 Å². The van der Waals surface area contributed by atoms with Crippen LogP contribution >= 0.6 is 0 Å². The lowest BCUT2D eigenvalue weighted by molar-refractivity contribution is -0.141. The first-order valence-corrected chi connectivity index (χ1v) is 6.47. The number of methoxy groups -OCH3 is 1. The zero-order chi connectivity index (χ0) is 14.7. The molecule has 0 radical (unpaired) electrons. The molecule has 0 amide bonds. The molecule has 0 unspecified atom stereocenters. The molecule has 0 bridgehead atoms. The van der Waals surface area contributed by atoms with Crippen molar-refractivity contribution in [1.82, 2.24) is 4.98 Å². The van der Waals surface area contributed by atoms with Gasteiger partial charge in [-0.15, -0.1) is 0 Å². The normalized spacial score (nSPS) is 12.2. The largest absolute Gasteiger partial charge is 0.467 e. The maximum atomic E-state index is 11.6. The van der Waals surface area contributed by atoms with Gasteiger partial charge < -0.3 is 19.4 Å². The van der Waals surface area contributed by atoms with E-state index in [1.807, 2.05) is 39.2 Å². The van der Waals surface area contributed by atoms with Gasteiger partial charge in [-0.25, -0.2) is 4.79 Å². The van der Waals surface area contributed by atoms with Gasteiger partial charge in [0.1, 0.15) is 11.6 Å². The van der Waals surface area contributed by atoms with E-state index >= 15 is 0 Å². The Labute approximate surface area is 117 Å². The van der Waals surface area contributed by atoms with E-state index in [1.165, 1.54) is 7.11 Å². The highest BCUT2D eigenvalue weighted by molar-refractivity contribution is 5.82. The number of nitrogens with one attached hydrogen (secondary N) is 1. The summed E-state index contributed by atoms with van der Waals surface area (Å²) in [4.78, 5) is 17.8. The third kappa shape index (κ3) is 2.84. The zero-order valence-electron chi connectivity index (χ0n) is 12.1. The number of fused-ring (bicyclic) bond motifs is 1. The van der Waals surface area contributed by atoms with Gasteiger partial charge in [-0.1, -0.05) is 6.92 Å². The summed E-state index contributed by atoms with van der Waals surface area (Å²) in [5, 5.41) is 3.14. The summed E-state index contributed by atoms with van der Waals surface area (Å²) in [6.45, 7) is 1.92. The maximum Gasteiger partial charge on any atom is 0.328 e. The molecule has 20 heavy (non-hydrogen) atoms. The monoisotopic (exact) mass is 277 g/mol. The number of esters is 1. The molecule has 0 aliphatic carbocycles. The number of oxazole rings is 1. The molecule has 108 valence electrons. The molecular weight excluding hydrogens is 258 g/mol. The fraction of sp³-hybridized carbons (Fsp3) is 0.429. The van der Waals surface area contributed by atoms with E-state index in [4.69, 9.17) is 9.15 Å². The summed E-state index contributed by atoms with van der Waals surface area (Å²) < 4.78 is 10.3. The van der Waals surface area contributed by atoms with Crippen LogP contribution in [0.2, 0.25) is 0 Å². The number of hydrogen-bond acceptors (Lipinski definition) is 6. The van der Waals surface area contributed by atoms with Crippen LogP contribution in [-0.2, 0) is 9.53 Å². The van der Waals surface area contributed by atoms with Crippen molar-refractivity contribution < 1.29 is 13.9 Å². The molecule has 1 heterocycles. The first-order valence-electron chi connectivity index (χ1n) is 6.47. The molecule has 0 aliphatic heterocycles. The Balaban J connectivity index is 2.24. The van der Waals surface area contributed by atoms with Crippen LogP contribution in [0.1, 0.15) is 13.3 Å². The summed E-state index contributed by atoms with van der Waals surface area (Å²) in [5.41, 5.74) is 2.28. The average molecular weight is 277 g/mol. The van der Waals surface area contributed by atoms with Crippen molar-refractivity contribution in [2.75, 3.05) is 31.4 Å². The quantitative estimate of drug-likeness (QED) is 0.845. The van der Waals surface area contributed by atoms with Crippen molar-refractivity contribution >= 4 is 28.8 Å². The number of anilines is 2.